The van der Waals surface area contributed by atoms with E-state index in [0.29, 0.717) is 24.2 Å². The molecule has 0 aliphatic heterocycles. The molecule has 0 aliphatic carbocycles. The van der Waals surface area contributed by atoms with Crippen molar-refractivity contribution < 1.29 is 14.6 Å². The van der Waals surface area contributed by atoms with Crippen molar-refractivity contribution >= 4 is 5.78 Å². The monoisotopic (exact) mass is 460 g/mol. The van der Waals surface area contributed by atoms with Crippen molar-refractivity contribution in [3.05, 3.63) is 144 Å². The van der Waals surface area contributed by atoms with E-state index in [1.807, 2.05) is 121 Å². The lowest BCUT2D eigenvalue weighted by atomic mass is 9.86. The highest BCUT2D eigenvalue weighted by Crippen LogP contribution is 2.29. The van der Waals surface area contributed by atoms with Crippen molar-refractivity contribution in [2.45, 2.75) is 31.2 Å². The van der Waals surface area contributed by atoms with Gasteiger partial charge in [-0.1, -0.05) is 121 Å². The third kappa shape index (κ3) is 6.55. The first kappa shape index (κ1) is 24.2. The quantitative estimate of drug-likeness (QED) is 0.238. The van der Waals surface area contributed by atoms with Crippen LogP contribution in [-0.4, -0.2) is 10.9 Å². The van der Waals surface area contributed by atoms with Gasteiger partial charge in [0.25, 0.3) is 0 Å². The van der Waals surface area contributed by atoms with Crippen LogP contribution in [0.4, 0.5) is 0 Å². The van der Waals surface area contributed by atoms with Crippen LogP contribution < -0.4 is 0 Å². The number of rotatable bonds is 9. The van der Waals surface area contributed by atoms with E-state index in [1.54, 1.807) is 0 Å². The number of Topliss-reactive ketones (excluding diaryl/α,β-unsaturated/α-hetero) is 1. The van der Waals surface area contributed by atoms with E-state index >= 15 is 0 Å². The van der Waals surface area contributed by atoms with Crippen molar-refractivity contribution in [3.8, 4) is 11.8 Å². The van der Waals surface area contributed by atoms with Gasteiger partial charge in [0.15, 0.2) is 5.60 Å². The molecule has 0 fully saturated rings. The average Bonchev–Trinajstić information content (AvgIpc) is 2.94. The van der Waals surface area contributed by atoms with Crippen LogP contribution in [0.5, 0.6) is 0 Å². The molecule has 0 amide bonds. The van der Waals surface area contributed by atoms with Crippen LogP contribution in [-0.2, 0) is 21.7 Å². The maximum absolute atomic E-state index is 12.8. The summed E-state index contributed by atoms with van der Waals surface area (Å²) < 4.78 is 6.20. The molecular formula is C32H28O3. The van der Waals surface area contributed by atoms with E-state index in [4.69, 9.17) is 4.74 Å². The first-order valence-electron chi connectivity index (χ1n) is 11.7. The van der Waals surface area contributed by atoms with Crippen molar-refractivity contribution in [2.75, 3.05) is 0 Å². The summed E-state index contributed by atoms with van der Waals surface area (Å²) >= 11 is 0. The number of ether oxygens (including phenoxy) is 1. The zero-order chi connectivity index (χ0) is 24.3. The summed E-state index contributed by atoms with van der Waals surface area (Å²) in [6.07, 6.45) is 0.491. The van der Waals surface area contributed by atoms with Crippen LogP contribution in [0.1, 0.15) is 41.2 Å². The lowest BCUT2D eigenvalue weighted by molar-refractivity contribution is -0.114. The number of ketones is 1. The summed E-state index contributed by atoms with van der Waals surface area (Å²) in [7, 11) is 0. The maximum Gasteiger partial charge on any atom is 0.205 e. The standard InChI is InChI=1S/C32H28O3/c33-30(23-24-32(34,28-17-9-3-10-18-28)29-19-11-4-12-20-29)21-22-31(27-15-7-2-8-16-27)35-25-26-13-5-1-6-14-26/h1-20,31,34H,21-22,25H2. The largest absolute Gasteiger partial charge is 0.369 e. The molecule has 4 aromatic rings. The summed E-state index contributed by atoms with van der Waals surface area (Å²) in [4.78, 5) is 12.8. The molecule has 0 radical (unpaired) electrons. The van der Waals surface area contributed by atoms with Gasteiger partial charge in [0, 0.05) is 17.5 Å². The second-order valence-corrected chi connectivity index (χ2v) is 8.35. The number of hydrogen-bond donors (Lipinski definition) is 1. The van der Waals surface area contributed by atoms with Gasteiger partial charge in [-0.3, -0.25) is 4.79 Å². The van der Waals surface area contributed by atoms with Gasteiger partial charge in [0.05, 0.1) is 12.7 Å². The van der Waals surface area contributed by atoms with E-state index in [0.717, 1.165) is 11.1 Å². The topological polar surface area (TPSA) is 46.5 Å². The molecule has 4 rings (SSSR count). The minimum atomic E-state index is -1.57. The number of carbonyl (C=O) groups is 1. The molecule has 0 bridgehead atoms. The molecule has 3 nitrogen and oxygen atoms in total. The normalized spacial score (nSPS) is 11.8. The van der Waals surface area contributed by atoms with Gasteiger partial charge >= 0.3 is 0 Å². The third-order valence-electron chi connectivity index (χ3n) is 5.86. The molecule has 174 valence electrons. The fraction of sp³-hybridized carbons (Fsp3) is 0.156. The highest BCUT2D eigenvalue weighted by molar-refractivity contribution is 5.95. The van der Waals surface area contributed by atoms with Crippen LogP contribution in [0.25, 0.3) is 0 Å². The molecule has 1 unspecified atom stereocenters. The Morgan fingerprint density at radius 3 is 1.77 bits per heavy atom. The molecule has 0 saturated heterocycles. The van der Waals surface area contributed by atoms with Gasteiger partial charge in [-0.25, -0.2) is 0 Å². The second kappa shape index (κ2) is 11.9. The zero-order valence-electron chi connectivity index (χ0n) is 19.5. The Balaban J connectivity index is 1.49. The summed E-state index contributed by atoms with van der Waals surface area (Å²) in [6, 6.07) is 38.3. The van der Waals surface area contributed by atoms with Crippen LogP contribution >= 0.6 is 0 Å². The summed E-state index contributed by atoms with van der Waals surface area (Å²) in [6.45, 7) is 0.460. The second-order valence-electron chi connectivity index (χ2n) is 8.35. The van der Waals surface area contributed by atoms with Gasteiger partial charge in [-0.05, 0) is 29.4 Å². The molecular weight excluding hydrogens is 432 g/mol. The highest BCUT2D eigenvalue weighted by atomic mass is 16.5. The van der Waals surface area contributed by atoms with Crippen LogP contribution in [0, 0.1) is 11.8 Å². The van der Waals surface area contributed by atoms with E-state index in [2.05, 4.69) is 11.8 Å². The Hall–Kier alpha value is -3.97. The molecule has 0 spiro atoms. The fourth-order valence-corrected chi connectivity index (χ4v) is 3.94. The number of aliphatic hydroxyl groups is 1. The number of benzene rings is 4. The summed E-state index contributed by atoms with van der Waals surface area (Å²) in [5.41, 5.74) is 1.78. The molecule has 3 heteroatoms. The van der Waals surface area contributed by atoms with Gasteiger partial charge in [-0.15, -0.1) is 0 Å². The molecule has 0 aromatic heterocycles. The van der Waals surface area contributed by atoms with E-state index in [1.165, 1.54) is 0 Å². The summed E-state index contributed by atoms with van der Waals surface area (Å²) in [5.74, 6) is 5.33. The molecule has 1 N–H and O–H groups in total. The Bertz CT molecular complexity index is 1220. The van der Waals surface area contributed by atoms with E-state index < -0.39 is 5.60 Å². The highest BCUT2D eigenvalue weighted by Gasteiger charge is 2.29. The first-order valence-corrected chi connectivity index (χ1v) is 11.7. The van der Waals surface area contributed by atoms with E-state index in [-0.39, 0.29) is 18.3 Å². The van der Waals surface area contributed by atoms with Crippen LogP contribution in [0.3, 0.4) is 0 Å². The SMILES string of the molecule is O=C(C#CC(O)(c1ccccc1)c1ccccc1)CCC(OCc1ccccc1)c1ccccc1. The zero-order valence-corrected chi connectivity index (χ0v) is 19.5. The lowest BCUT2D eigenvalue weighted by Crippen LogP contribution is -2.25. The summed E-state index contributed by atoms with van der Waals surface area (Å²) in [5, 5.41) is 11.5. The predicted molar refractivity (Wildman–Crippen MR) is 138 cm³/mol. The average molecular weight is 461 g/mol. The minimum absolute atomic E-state index is 0.223. The van der Waals surface area contributed by atoms with Gasteiger partial charge in [0.2, 0.25) is 5.78 Å². The van der Waals surface area contributed by atoms with Crippen LogP contribution in [0.15, 0.2) is 121 Å². The molecule has 0 aliphatic rings. The van der Waals surface area contributed by atoms with Gasteiger partial charge in [-0.2, -0.15) is 0 Å². The van der Waals surface area contributed by atoms with Crippen LogP contribution in [0.2, 0.25) is 0 Å². The fourth-order valence-electron chi connectivity index (χ4n) is 3.94. The molecule has 0 saturated carbocycles. The smallest absolute Gasteiger partial charge is 0.205 e. The minimum Gasteiger partial charge on any atom is -0.369 e. The Labute approximate surface area is 207 Å². The predicted octanol–water partition coefficient (Wildman–Crippen LogP) is 6.23. The number of carbonyl (C=O) groups excluding carboxylic acids is 1. The van der Waals surface area contributed by atoms with E-state index in [9.17, 15) is 9.90 Å². The third-order valence-corrected chi connectivity index (χ3v) is 5.86. The molecule has 4 aromatic carbocycles. The lowest BCUT2D eigenvalue weighted by Gasteiger charge is -2.23. The van der Waals surface area contributed by atoms with Crippen molar-refractivity contribution in [2.24, 2.45) is 0 Å². The van der Waals surface area contributed by atoms with Gasteiger partial charge in [0.1, 0.15) is 0 Å². The maximum atomic E-state index is 12.8. The Morgan fingerprint density at radius 1 is 0.743 bits per heavy atom. The molecule has 1 atom stereocenters. The molecule has 0 heterocycles. The number of hydrogen-bond acceptors (Lipinski definition) is 3. The van der Waals surface area contributed by atoms with Gasteiger partial charge < -0.3 is 9.84 Å². The van der Waals surface area contributed by atoms with Crippen molar-refractivity contribution in [1.29, 1.82) is 0 Å². The molecule has 35 heavy (non-hydrogen) atoms. The van der Waals surface area contributed by atoms with Crippen molar-refractivity contribution in [1.82, 2.24) is 0 Å². The van der Waals surface area contributed by atoms with Crippen molar-refractivity contribution in [3.63, 3.8) is 0 Å². The Morgan fingerprint density at radius 2 is 1.23 bits per heavy atom. The first-order chi connectivity index (χ1) is 17.1. The Kier molecular flexibility index (Phi) is 8.25.